The van der Waals surface area contributed by atoms with Gasteiger partial charge in [0.15, 0.2) is 5.78 Å². The van der Waals surface area contributed by atoms with Gasteiger partial charge in [-0.3, -0.25) is 18.7 Å². The number of rotatable bonds is 1. The molecule has 26 heavy (non-hydrogen) atoms. The van der Waals surface area contributed by atoms with Crippen LogP contribution in [0.3, 0.4) is 0 Å². The molecule has 0 fully saturated rings. The molecule has 132 valence electrons. The zero-order valence-electron chi connectivity index (χ0n) is 14.3. The molecule has 0 saturated heterocycles. The quantitative estimate of drug-likeness (QED) is 0.667. The maximum Gasteiger partial charge on any atom is 0.332 e. The van der Waals surface area contributed by atoms with E-state index in [0.29, 0.717) is 22.9 Å². The third-order valence-electron chi connectivity index (χ3n) is 5.10. The van der Waals surface area contributed by atoms with Crippen molar-refractivity contribution < 1.29 is 9.18 Å². The molecule has 0 radical (unpaired) electrons. The maximum atomic E-state index is 13.2. The zero-order valence-corrected chi connectivity index (χ0v) is 14.3. The molecular weight excluding hydrogens is 337 g/mol. The molecule has 2 heterocycles. The molecule has 0 unspecified atom stereocenters. The summed E-state index contributed by atoms with van der Waals surface area (Å²) in [5.41, 5.74) is 1.22. The number of aromatic nitrogens is 3. The standard InChI is InChI=1S/C19H16FN3O3/c1-22-17-16(18(25)23(2)19(22)26)13-7-11(8-15(24)14(13)9-21-17)10-3-5-12(20)6-4-10/h3-6,9,11H,7-8H2,1-2H3/t11-/m1/s1. The first-order chi connectivity index (χ1) is 12.4. The summed E-state index contributed by atoms with van der Waals surface area (Å²) in [6, 6.07) is 6.05. The van der Waals surface area contributed by atoms with Crippen molar-refractivity contribution in [2.75, 3.05) is 0 Å². The fourth-order valence-corrected chi connectivity index (χ4v) is 3.66. The van der Waals surface area contributed by atoms with E-state index in [0.717, 1.165) is 10.1 Å². The van der Waals surface area contributed by atoms with Gasteiger partial charge < -0.3 is 0 Å². The summed E-state index contributed by atoms with van der Waals surface area (Å²) in [7, 11) is 2.96. The highest BCUT2D eigenvalue weighted by atomic mass is 19.1. The Kier molecular flexibility index (Phi) is 3.61. The van der Waals surface area contributed by atoms with E-state index in [2.05, 4.69) is 4.98 Å². The molecule has 0 amide bonds. The lowest BCUT2D eigenvalue weighted by atomic mass is 9.79. The minimum absolute atomic E-state index is 0.106. The van der Waals surface area contributed by atoms with Crippen LogP contribution in [0.1, 0.15) is 33.8 Å². The molecule has 1 aliphatic carbocycles. The largest absolute Gasteiger partial charge is 0.332 e. The number of hydrogen-bond donors (Lipinski definition) is 0. The van der Waals surface area contributed by atoms with E-state index in [1.54, 1.807) is 19.2 Å². The Morgan fingerprint density at radius 3 is 2.42 bits per heavy atom. The number of Topliss-reactive ketones (excluding diaryl/α,β-unsaturated/α-hetero) is 1. The third-order valence-corrected chi connectivity index (χ3v) is 5.10. The molecule has 0 N–H and O–H groups in total. The van der Waals surface area contributed by atoms with Crippen LogP contribution in [0.4, 0.5) is 4.39 Å². The zero-order chi connectivity index (χ0) is 18.6. The minimum Gasteiger partial charge on any atom is -0.294 e. The fourth-order valence-electron chi connectivity index (χ4n) is 3.66. The van der Waals surface area contributed by atoms with Crippen molar-refractivity contribution in [3.05, 3.63) is 73.8 Å². The van der Waals surface area contributed by atoms with Crippen molar-refractivity contribution in [3.8, 4) is 0 Å². The summed E-state index contributed by atoms with van der Waals surface area (Å²) < 4.78 is 15.5. The molecular formula is C19H16FN3O3. The van der Waals surface area contributed by atoms with Crippen LogP contribution in [0.15, 0.2) is 40.1 Å². The fraction of sp³-hybridized carbons (Fsp3) is 0.263. The van der Waals surface area contributed by atoms with Gasteiger partial charge in [0, 0.05) is 32.3 Å². The lowest BCUT2D eigenvalue weighted by Crippen LogP contribution is -2.38. The van der Waals surface area contributed by atoms with E-state index < -0.39 is 11.2 Å². The van der Waals surface area contributed by atoms with Crippen LogP contribution in [-0.2, 0) is 20.5 Å². The molecule has 1 aliphatic rings. The number of carbonyl (C=O) groups is 1. The highest BCUT2D eigenvalue weighted by Gasteiger charge is 2.30. The number of hydrogen-bond acceptors (Lipinski definition) is 4. The van der Waals surface area contributed by atoms with Gasteiger partial charge in [-0.2, -0.15) is 0 Å². The van der Waals surface area contributed by atoms with E-state index in [4.69, 9.17) is 0 Å². The Morgan fingerprint density at radius 1 is 1.04 bits per heavy atom. The van der Waals surface area contributed by atoms with Crippen LogP contribution in [0.5, 0.6) is 0 Å². The second-order valence-electron chi connectivity index (χ2n) is 6.63. The van der Waals surface area contributed by atoms with Gasteiger partial charge >= 0.3 is 5.69 Å². The molecule has 0 bridgehead atoms. The van der Waals surface area contributed by atoms with Crippen molar-refractivity contribution in [1.82, 2.24) is 14.1 Å². The van der Waals surface area contributed by atoms with Gasteiger partial charge in [0.1, 0.15) is 11.5 Å². The monoisotopic (exact) mass is 353 g/mol. The first-order valence-corrected chi connectivity index (χ1v) is 8.24. The smallest absolute Gasteiger partial charge is 0.294 e. The molecule has 6 nitrogen and oxygen atoms in total. The molecule has 0 spiro atoms. The van der Waals surface area contributed by atoms with Crippen molar-refractivity contribution >= 4 is 16.8 Å². The number of benzene rings is 1. The number of carbonyl (C=O) groups excluding carboxylic acids is 1. The lowest BCUT2D eigenvalue weighted by Gasteiger charge is -2.25. The van der Waals surface area contributed by atoms with E-state index in [1.165, 1.54) is 29.9 Å². The molecule has 0 aliphatic heterocycles. The minimum atomic E-state index is -0.466. The Hall–Kier alpha value is -3.09. The van der Waals surface area contributed by atoms with E-state index >= 15 is 0 Å². The van der Waals surface area contributed by atoms with Crippen LogP contribution in [0, 0.1) is 5.82 Å². The predicted molar refractivity (Wildman–Crippen MR) is 94.0 cm³/mol. The van der Waals surface area contributed by atoms with Gasteiger partial charge in [-0.25, -0.2) is 14.2 Å². The first-order valence-electron chi connectivity index (χ1n) is 8.24. The topological polar surface area (TPSA) is 74.0 Å². The lowest BCUT2D eigenvalue weighted by molar-refractivity contribution is 0.0964. The van der Waals surface area contributed by atoms with Crippen LogP contribution in [0.2, 0.25) is 0 Å². The van der Waals surface area contributed by atoms with Gasteiger partial charge in [0.05, 0.1) is 5.39 Å². The molecule has 1 aromatic carbocycles. The van der Waals surface area contributed by atoms with Gasteiger partial charge in [0.25, 0.3) is 5.56 Å². The summed E-state index contributed by atoms with van der Waals surface area (Å²) in [5, 5.41) is 0.298. The summed E-state index contributed by atoms with van der Waals surface area (Å²) in [6.07, 6.45) is 2.18. The Morgan fingerprint density at radius 2 is 1.73 bits per heavy atom. The van der Waals surface area contributed by atoms with Crippen molar-refractivity contribution in [2.24, 2.45) is 14.1 Å². The van der Waals surface area contributed by atoms with Gasteiger partial charge in [-0.15, -0.1) is 0 Å². The second kappa shape index (κ2) is 5.72. The molecule has 4 rings (SSSR count). The van der Waals surface area contributed by atoms with Gasteiger partial charge in [-0.1, -0.05) is 12.1 Å². The Balaban J connectivity index is 1.97. The third kappa shape index (κ3) is 2.31. The van der Waals surface area contributed by atoms with Crippen LogP contribution < -0.4 is 11.2 Å². The number of pyridine rings is 1. The molecule has 2 aromatic heterocycles. The van der Waals surface area contributed by atoms with E-state index in [-0.39, 0.29) is 29.6 Å². The van der Waals surface area contributed by atoms with Crippen molar-refractivity contribution in [1.29, 1.82) is 0 Å². The van der Waals surface area contributed by atoms with E-state index in [9.17, 15) is 18.8 Å². The van der Waals surface area contributed by atoms with Gasteiger partial charge in [0.2, 0.25) is 0 Å². The first kappa shape index (κ1) is 16.4. The number of nitrogens with zero attached hydrogens (tertiary/aromatic N) is 3. The number of ketones is 1. The number of fused-ring (bicyclic) bond motifs is 3. The summed E-state index contributed by atoms with van der Waals surface area (Å²) in [6.45, 7) is 0. The Bertz CT molecular complexity index is 1180. The van der Waals surface area contributed by atoms with Gasteiger partial charge in [-0.05, 0) is 35.6 Å². The highest BCUT2D eigenvalue weighted by molar-refractivity contribution is 6.02. The molecule has 7 heteroatoms. The summed E-state index contributed by atoms with van der Waals surface area (Å²) >= 11 is 0. The average molecular weight is 353 g/mol. The molecule has 0 saturated carbocycles. The second-order valence-corrected chi connectivity index (χ2v) is 6.63. The SMILES string of the molecule is Cn1c(=O)c2c3c(cnc2n(C)c1=O)C(=O)C[C@H](c1ccc(F)cc1)C3. The number of halogens is 1. The van der Waals surface area contributed by atoms with Crippen LogP contribution in [0.25, 0.3) is 11.0 Å². The highest BCUT2D eigenvalue weighted by Crippen LogP contribution is 2.34. The van der Waals surface area contributed by atoms with E-state index in [1.807, 2.05) is 0 Å². The summed E-state index contributed by atoms with van der Waals surface area (Å²) in [4.78, 5) is 41.7. The Labute approximate surface area is 147 Å². The van der Waals surface area contributed by atoms with Crippen molar-refractivity contribution in [3.63, 3.8) is 0 Å². The predicted octanol–water partition coefficient (Wildman–Crippen LogP) is 1.68. The maximum absolute atomic E-state index is 13.2. The van der Waals surface area contributed by atoms with Crippen LogP contribution in [-0.4, -0.2) is 19.9 Å². The van der Waals surface area contributed by atoms with Crippen molar-refractivity contribution in [2.45, 2.75) is 18.8 Å². The molecule has 3 aromatic rings. The number of aryl methyl sites for hydroxylation is 1. The average Bonchev–Trinajstić information content (AvgIpc) is 2.64. The normalized spacial score (nSPS) is 16.7. The molecule has 1 atom stereocenters. The summed E-state index contributed by atoms with van der Waals surface area (Å²) in [5.74, 6) is -0.594. The van der Waals surface area contributed by atoms with Crippen LogP contribution >= 0.6 is 0 Å².